The van der Waals surface area contributed by atoms with E-state index in [4.69, 9.17) is 10.5 Å². The van der Waals surface area contributed by atoms with Gasteiger partial charge in [0, 0.05) is 25.9 Å². The third-order valence-electron chi connectivity index (χ3n) is 1.76. The topological polar surface area (TPSA) is 93.0 Å². The van der Waals surface area contributed by atoms with Gasteiger partial charge in [-0.1, -0.05) is 0 Å². The molecule has 0 aliphatic carbocycles. The Balaban J connectivity index is 2.03. The molecule has 0 radical (unpaired) electrons. The fraction of sp³-hybridized carbons (Fsp3) is 0.556. The van der Waals surface area contributed by atoms with E-state index in [1.54, 1.807) is 12.3 Å². The van der Waals surface area contributed by atoms with Crippen LogP contribution in [0.1, 0.15) is 16.9 Å². The van der Waals surface area contributed by atoms with Gasteiger partial charge >= 0.3 is 0 Å². The van der Waals surface area contributed by atoms with Crippen LogP contribution in [-0.2, 0) is 4.74 Å². The van der Waals surface area contributed by atoms with E-state index in [0.29, 0.717) is 32.0 Å². The van der Waals surface area contributed by atoms with Gasteiger partial charge in [-0.3, -0.25) is 9.89 Å². The Labute approximate surface area is 88.2 Å². The van der Waals surface area contributed by atoms with Gasteiger partial charge in [-0.25, -0.2) is 0 Å². The van der Waals surface area contributed by atoms with Crippen molar-refractivity contribution in [3.8, 4) is 0 Å². The minimum Gasteiger partial charge on any atom is -0.380 e. The van der Waals surface area contributed by atoms with Crippen molar-refractivity contribution in [3.05, 3.63) is 18.0 Å². The second kappa shape index (κ2) is 6.97. The van der Waals surface area contributed by atoms with Gasteiger partial charge in [0.05, 0.1) is 6.61 Å². The molecule has 0 atom stereocenters. The minimum atomic E-state index is -0.147. The molecular weight excluding hydrogens is 196 g/mol. The number of amides is 1. The molecule has 4 N–H and O–H groups in total. The normalized spacial score (nSPS) is 10.2. The summed E-state index contributed by atoms with van der Waals surface area (Å²) in [5, 5.41) is 9.02. The van der Waals surface area contributed by atoms with Crippen LogP contribution >= 0.6 is 0 Å². The molecule has 1 heterocycles. The van der Waals surface area contributed by atoms with Gasteiger partial charge in [-0.05, 0) is 12.5 Å². The Morgan fingerprint density at radius 1 is 1.60 bits per heavy atom. The second-order valence-corrected chi connectivity index (χ2v) is 2.98. The number of nitrogens with zero attached hydrogens (tertiary/aromatic N) is 1. The quantitative estimate of drug-likeness (QED) is 0.531. The number of aromatic nitrogens is 2. The van der Waals surface area contributed by atoms with Gasteiger partial charge in [0.25, 0.3) is 5.91 Å². The van der Waals surface area contributed by atoms with Crippen LogP contribution in [0.4, 0.5) is 0 Å². The average molecular weight is 212 g/mol. The fourth-order valence-corrected chi connectivity index (χ4v) is 1.04. The molecule has 84 valence electrons. The molecule has 0 fully saturated rings. The third kappa shape index (κ3) is 4.57. The summed E-state index contributed by atoms with van der Waals surface area (Å²) in [5.41, 5.74) is 5.72. The highest BCUT2D eigenvalue weighted by Crippen LogP contribution is 1.90. The van der Waals surface area contributed by atoms with E-state index in [2.05, 4.69) is 15.5 Å². The monoisotopic (exact) mass is 212 g/mol. The van der Waals surface area contributed by atoms with Gasteiger partial charge in [-0.15, -0.1) is 0 Å². The lowest BCUT2D eigenvalue weighted by molar-refractivity contribution is 0.0938. The van der Waals surface area contributed by atoms with Crippen LogP contribution < -0.4 is 11.1 Å². The summed E-state index contributed by atoms with van der Waals surface area (Å²) in [4.78, 5) is 11.4. The van der Waals surface area contributed by atoms with Crippen molar-refractivity contribution in [3.63, 3.8) is 0 Å². The highest BCUT2D eigenvalue weighted by atomic mass is 16.5. The number of rotatable bonds is 7. The molecule has 0 spiro atoms. The first-order valence-electron chi connectivity index (χ1n) is 4.90. The second-order valence-electron chi connectivity index (χ2n) is 2.98. The van der Waals surface area contributed by atoms with E-state index in [9.17, 15) is 4.79 Å². The number of aromatic amines is 1. The molecule has 1 aromatic heterocycles. The van der Waals surface area contributed by atoms with E-state index >= 15 is 0 Å². The summed E-state index contributed by atoms with van der Waals surface area (Å²) >= 11 is 0. The lowest BCUT2D eigenvalue weighted by atomic mass is 10.4. The molecule has 1 aromatic rings. The number of hydrogen-bond donors (Lipinski definition) is 3. The number of ether oxygens (including phenoxy) is 1. The molecule has 0 aromatic carbocycles. The molecule has 1 amide bonds. The number of nitrogens with two attached hydrogens (primary N) is 1. The van der Waals surface area contributed by atoms with Crippen LogP contribution in [0.25, 0.3) is 0 Å². The first-order chi connectivity index (χ1) is 7.34. The molecule has 6 heteroatoms. The lowest BCUT2D eigenvalue weighted by Crippen LogP contribution is -2.25. The fourth-order valence-electron chi connectivity index (χ4n) is 1.04. The summed E-state index contributed by atoms with van der Waals surface area (Å²) in [7, 11) is 0. The van der Waals surface area contributed by atoms with Crippen molar-refractivity contribution < 1.29 is 9.53 Å². The first kappa shape index (κ1) is 11.7. The number of carbonyl (C=O) groups is 1. The number of nitrogens with one attached hydrogen (secondary N) is 2. The van der Waals surface area contributed by atoms with E-state index < -0.39 is 0 Å². The van der Waals surface area contributed by atoms with Crippen molar-refractivity contribution in [1.82, 2.24) is 15.5 Å². The molecule has 15 heavy (non-hydrogen) atoms. The molecule has 0 aliphatic heterocycles. The molecule has 0 saturated carbocycles. The number of hydrogen-bond acceptors (Lipinski definition) is 4. The van der Waals surface area contributed by atoms with Gasteiger partial charge in [-0.2, -0.15) is 5.10 Å². The molecule has 1 rings (SSSR count). The lowest BCUT2D eigenvalue weighted by Gasteiger charge is -2.04. The third-order valence-corrected chi connectivity index (χ3v) is 1.76. The molecule has 0 bridgehead atoms. The predicted octanol–water partition coefficient (Wildman–Crippen LogP) is -0.495. The number of carbonyl (C=O) groups excluding carboxylic acids is 1. The van der Waals surface area contributed by atoms with E-state index in [0.717, 1.165) is 6.42 Å². The Morgan fingerprint density at radius 3 is 3.13 bits per heavy atom. The largest absolute Gasteiger partial charge is 0.380 e. The molecule has 0 saturated heterocycles. The summed E-state index contributed by atoms with van der Waals surface area (Å²) in [5.74, 6) is -0.147. The van der Waals surface area contributed by atoms with Gasteiger partial charge in [0.15, 0.2) is 0 Å². The molecular formula is C9H16N4O2. The van der Waals surface area contributed by atoms with E-state index in [1.165, 1.54) is 0 Å². The van der Waals surface area contributed by atoms with Crippen molar-refractivity contribution in [2.75, 3.05) is 26.3 Å². The SMILES string of the molecule is NCCOCCCNC(=O)c1ccn[nH]1. The summed E-state index contributed by atoms with van der Waals surface area (Å²) in [6.45, 7) is 2.29. The van der Waals surface area contributed by atoms with Crippen LogP contribution in [0.5, 0.6) is 0 Å². The van der Waals surface area contributed by atoms with Crippen molar-refractivity contribution in [2.24, 2.45) is 5.73 Å². The first-order valence-corrected chi connectivity index (χ1v) is 4.90. The van der Waals surface area contributed by atoms with Crippen LogP contribution in [0.2, 0.25) is 0 Å². The highest BCUT2D eigenvalue weighted by Gasteiger charge is 2.04. The highest BCUT2D eigenvalue weighted by molar-refractivity contribution is 5.91. The standard InChI is InChI=1S/C9H16N4O2/c10-3-7-15-6-1-4-11-9(14)8-2-5-12-13-8/h2,5H,1,3-4,6-7,10H2,(H,11,14)(H,12,13). The smallest absolute Gasteiger partial charge is 0.269 e. The Kier molecular flexibility index (Phi) is 5.42. The predicted molar refractivity (Wildman–Crippen MR) is 55.4 cm³/mol. The van der Waals surface area contributed by atoms with Crippen molar-refractivity contribution in [1.29, 1.82) is 0 Å². The van der Waals surface area contributed by atoms with Crippen LogP contribution in [0.15, 0.2) is 12.3 Å². The van der Waals surface area contributed by atoms with Crippen LogP contribution in [-0.4, -0.2) is 42.4 Å². The van der Waals surface area contributed by atoms with Crippen LogP contribution in [0, 0.1) is 0 Å². The summed E-state index contributed by atoms with van der Waals surface area (Å²) in [6, 6.07) is 1.63. The Morgan fingerprint density at radius 2 is 2.47 bits per heavy atom. The molecule has 0 unspecified atom stereocenters. The van der Waals surface area contributed by atoms with Gasteiger partial charge in [0.2, 0.25) is 0 Å². The summed E-state index contributed by atoms with van der Waals surface area (Å²) < 4.78 is 5.16. The minimum absolute atomic E-state index is 0.147. The summed E-state index contributed by atoms with van der Waals surface area (Å²) in [6.07, 6.45) is 2.32. The van der Waals surface area contributed by atoms with E-state index in [1.807, 2.05) is 0 Å². The Hall–Kier alpha value is -1.40. The maximum absolute atomic E-state index is 11.4. The number of H-pyrrole nitrogens is 1. The van der Waals surface area contributed by atoms with Crippen molar-refractivity contribution in [2.45, 2.75) is 6.42 Å². The van der Waals surface area contributed by atoms with E-state index in [-0.39, 0.29) is 5.91 Å². The molecule has 0 aliphatic rings. The molecule has 6 nitrogen and oxygen atoms in total. The maximum Gasteiger partial charge on any atom is 0.269 e. The van der Waals surface area contributed by atoms with Crippen LogP contribution in [0.3, 0.4) is 0 Å². The van der Waals surface area contributed by atoms with Gasteiger partial charge in [0.1, 0.15) is 5.69 Å². The zero-order valence-corrected chi connectivity index (χ0v) is 8.53. The average Bonchev–Trinajstić information content (AvgIpc) is 2.76. The Bertz CT molecular complexity index is 274. The zero-order valence-electron chi connectivity index (χ0n) is 8.53. The van der Waals surface area contributed by atoms with Crippen molar-refractivity contribution >= 4 is 5.91 Å². The maximum atomic E-state index is 11.4. The zero-order chi connectivity index (χ0) is 10.9. The van der Waals surface area contributed by atoms with Gasteiger partial charge < -0.3 is 15.8 Å².